The Kier molecular flexibility index (Phi) is 2.38. The maximum atomic E-state index is 6.00. The van der Waals surface area contributed by atoms with E-state index in [4.69, 9.17) is 5.73 Å². The van der Waals surface area contributed by atoms with E-state index < -0.39 is 0 Å². The van der Waals surface area contributed by atoms with Crippen molar-refractivity contribution >= 4 is 5.82 Å². The molecule has 1 aromatic heterocycles. The molecule has 4 nitrogen and oxygen atoms in total. The molecule has 98 valence electrons. The van der Waals surface area contributed by atoms with Crippen LogP contribution in [0.25, 0.3) is 11.3 Å². The summed E-state index contributed by atoms with van der Waals surface area (Å²) in [6.45, 7) is 1.96. The zero-order valence-corrected chi connectivity index (χ0v) is 10.9. The van der Waals surface area contributed by atoms with E-state index in [1.807, 2.05) is 0 Å². The van der Waals surface area contributed by atoms with Crippen LogP contribution in [0.15, 0.2) is 24.3 Å². The predicted octanol–water partition coefficient (Wildman–Crippen LogP) is 1.71. The lowest BCUT2D eigenvalue weighted by atomic mass is 9.90. The van der Waals surface area contributed by atoms with Crippen LogP contribution in [0, 0.1) is 0 Å². The van der Waals surface area contributed by atoms with Crippen molar-refractivity contribution in [3.63, 3.8) is 0 Å². The fourth-order valence-corrected chi connectivity index (χ4v) is 3.30. The number of nitrogens with zero attached hydrogens (tertiary/aromatic N) is 2. The minimum atomic E-state index is 0.295. The molecule has 1 aliphatic heterocycles. The van der Waals surface area contributed by atoms with E-state index in [0.717, 1.165) is 38.2 Å². The van der Waals surface area contributed by atoms with Gasteiger partial charge in [-0.25, -0.2) is 0 Å². The zero-order chi connectivity index (χ0) is 12.8. The van der Waals surface area contributed by atoms with E-state index in [1.54, 1.807) is 0 Å². The van der Waals surface area contributed by atoms with Crippen LogP contribution >= 0.6 is 0 Å². The molecule has 0 saturated carbocycles. The van der Waals surface area contributed by atoms with Gasteiger partial charge in [-0.3, -0.25) is 5.10 Å². The SMILES string of the molecule is NC1CCN(c2n[nH]c3c2CCc2ccccc2-3)C1. The van der Waals surface area contributed by atoms with Gasteiger partial charge < -0.3 is 10.6 Å². The van der Waals surface area contributed by atoms with Gasteiger partial charge in [-0.1, -0.05) is 24.3 Å². The summed E-state index contributed by atoms with van der Waals surface area (Å²) in [6, 6.07) is 8.90. The minimum Gasteiger partial charge on any atom is -0.353 e. The molecule has 1 aromatic carbocycles. The second-order valence-corrected chi connectivity index (χ2v) is 5.55. The molecule has 1 saturated heterocycles. The molecule has 4 heteroatoms. The Bertz CT molecular complexity index is 616. The number of aromatic nitrogens is 2. The van der Waals surface area contributed by atoms with Crippen molar-refractivity contribution in [2.75, 3.05) is 18.0 Å². The van der Waals surface area contributed by atoms with Crippen molar-refractivity contribution in [1.82, 2.24) is 10.2 Å². The first-order valence-electron chi connectivity index (χ1n) is 6.99. The van der Waals surface area contributed by atoms with Crippen molar-refractivity contribution < 1.29 is 0 Å². The molecular weight excluding hydrogens is 236 g/mol. The summed E-state index contributed by atoms with van der Waals surface area (Å²) < 4.78 is 0. The number of nitrogens with two attached hydrogens (primary N) is 1. The van der Waals surface area contributed by atoms with Crippen molar-refractivity contribution in [2.24, 2.45) is 5.73 Å². The molecule has 1 unspecified atom stereocenters. The molecule has 2 heterocycles. The van der Waals surface area contributed by atoms with E-state index in [9.17, 15) is 0 Å². The molecule has 1 atom stereocenters. The van der Waals surface area contributed by atoms with Gasteiger partial charge in [0, 0.05) is 30.3 Å². The maximum Gasteiger partial charge on any atom is 0.154 e. The van der Waals surface area contributed by atoms with Gasteiger partial charge in [0.25, 0.3) is 0 Å². The van der Waals surface area contributed by atoms with E-state index >= 15 is 0 Å². The highest BCUT2D eigenvalue weighted by Crippen LogP contribution is 2.37. The van der Waals surface area contributed by atoms with E-state index in [-0.39, 0.29) is 0 Å². The van der Waals surface area contributed by atoms with Crippen LogP contribution in [-0.4, -0.2) is 29.3 Å². The van der Waals surface area contributed by atoms with Crippen LogP contribution in [0.2, 0.25) is 0 Å². The van der Waals surface area contributed by atoms with Crippen LogP contribution in [0.4, 0.5) is 5.82 Å². The predicted molar refractivity (Wildman–Crippen MR) is 76.2 cm³/mol. The van der Waals surface area contributed by atoms with Crippen LogP contribution in [-0.2, 0) is 12.8 Å². The molecule has 1 fully saturated rings. The smallest absolute Gasteiger partial charge is 0.154 e. The first-order valence-corrected chi connectivity index (χ1v) is 6.99. The molecule has 1 aliphatic carbocycles. The average molecular weight is 254 g/mol. The Morgan fingerprint density at radius 1 is 1.26 bits per heavy atom. The summed E-state index contributed by atoms with van der Waals surface area (Å²) in [4.78, 5) is 2.33. The van der Waals surface area contributed by atoms with Crippen molar-refractivity contribution in [3.8, 4) is 11.3 Å². The second kappa shape index (κ2) is 4.10. The number of H-pyrrole nitrogens is 1. The third-order valence-corrected chi connectivity index (χ3v) is 4.30. The molecule has 0 bridgehead atoms. The topological polar surface area (TPSA) is 57.9 Å². The molecule has 0 spiro atoms. The molecule has 2 aromatic rings. The van der Waals surface area contributed by atoms with E-state index in [2.05, 4.69) is 39.4 Å². The quantitative estimate of drug-likeness (QED) is 0.814. The van der Waals surface area contributed by atoms with Gasteiger partial charge >= 0.3 is 0 Å². The first kappa shape index (κ1) is 11.1. The summed E-state index contributed by atoms with van der Waals surface area (Å²) in [6.07, 6.45) is 3.25. The van der Waals surface area contributed by atoms with Gasteiger partial charge in [0.05, 0.1) is 5.69 Å². The third-order valence-electron chi connectivity index (χ3n) is 4.30. The molecule has 3 N–H and O–H groups in total. The van der Waals surface area contributed by atoms with Gasteiger partial charge in [0.1, 0.15) is 0 Å². The average Bonchev–Trinajstić information content (AvgIpc) is 3.04. The minimum absolute atomic E-state index is 0.295. The summed E-state index contributed by atoms with van der Waals surface area (Å²) in [7, 11) is 0. The number of nitrogens with one attached hydrogen (secondary N) is 1. The highest BCUT2D eigenvalue weighted by Gasteiger charge is 2.27. The fourth-order valence-electron chi connectivity index (χ4n) is 3.30. The lowest BCUT2D eigenvalue weighted by molar-refractivity contribution is 0.751. The first-order chi connectivity index (χ1) is 9.33. The van der Waals surface area contributed by atoms with E-state index in [1.165, 1.54) is 22.4 Å². The van der Waals surface area contributed by atoms with Gasteiger partial charge in [0.15, 0.2) is 5.82 Å². The fraction of sp³-hybridized carbons (Fsp3) is 0.400. The highest BCUT2D eigenvalue weighted by molar-refractivity contribution is 5.74. The largest absolute Gasteiger partial charge is 0.353 e. The van der Waals surface area contributed by atoms with Crippen molar-refractivity contribution in [1.29, 1.82) is 0 Å². The normalized spacial score (nSPS) is 21.3. The number of fused-ring (bicyclic) bond motifs is 3. The number of hydrogen-bond donors (Lipinski definition) is 2. The van der Waals surface area contributed by atoms with Crippen molar-refractivity contribution in [2.45, 2.75) is 25.3 Å². The Morgan fingerprint density at radius 3 is 3.00 bits per heavy atom. The number of hydrogen-bond acceptors (Lipinski definition) is 3. The zero-order valence-electron chi connectivity index (χ0n) is 10.9. The van der Waals surface area contributed by atoms with Gasteiger partial charge in [-0.15, -0.1) is 0 Å². The van der Waals surface area contributed by atoms with Gasteiger partial charge in [-0.2, -0.15) is 5.10 Å². The molecule has 4 rings (SSSR count). The van der Waals surface area contributed by atoms with Crippen LogP contribution in [0.3, 0.4) is 0 Å². The maximum absolute atomic E-state index is 6.00. The molecule has 0 radical (unpaired) electrons. The number of anilines is 1. The summed E-state index contributed by atoms with van der Waals surface area (Å²) in [5.74, 6) is 1.12. The van der Waals surface area contributed by atoms with Crippen LogP contribution in [0.1, 0.15) is 17.5 Å². The van der Waals surface area contributed by atoms with Crippen LogP contribution in [0.5, 0.6) is 0 Å². The number of aryl methyl sites for hydroxylation is 1. The number of benzene rings is 1. The number of aromatic amines is 1. The Balaban J connectivity index is 1.77. The summed E-state index contributed by atoms with van der Waals surface area (Å²) >= 11 is 0. The third kappa shape index (κ3) is 1.67. The Hall–Kier alpha value is -1.81. The molecule has 0 amide bonds. The van der Waals surface area contributed by atoms with Gasteiger partial charge in [0.2, 0.25) is 0 Å². The highest BCUT2D eigenvalue weighted by atomic mass is 15.3. The number of rotatable bonds is 1. The lowest BCUT2D eigenvalue weighted by Crippen LogP contribution is -2.27. The summed E-state index contributed by atoms with van der Waals surface area (Å²) in [5, 5.41) is 7.80. The van der Waals surface area contributed by atoms with E-state index in [0.29, 0.717) is 6.04 Å². The van der Waals surface area contributed by atoms with Crippen molar-refractivity contribution in [3.05, 3.63) is 35.4 Å². The van der Waals surface area contributed by atoms with Gasteiger partial charge in [-0.05, 0) is 24.8 Å². The van der Waals surface area contributed by atoms with Crippen LogP contribution < -0.4 is 10.6 Å². The second-order valence-electron chi connectivity index (χ2n) is 5.55. The molecular formula is C15H18N4. The Labute approximate surface area is 112 Å². The summed E-state index contributed by atoms with van der Waals surface area (Å²) in [5.41, 5.74) is 11.3. The standard InChI is InChI=1S/C15H18N4/c16-11-7-8-19(9-11)15-13-6-5-10-3-1-2-4-12(10)14(13)17-18-15/h1-4,11H,5-9,16H2,(H,17,18). The monoisotopic (exact) mass is 254 g/mol. The molecule has 2 aliphatic rings. The Morgan fingerprint density at radius 2 is 2.16 bits per heavy atom. The lowest BCUT2D eigenvalue weighted by Gasteiger charge is -2.20. The molecule has 19 heavy (non-hydrogen) atoms.